The number of nitrogens with zero attached hydrogens (tertiary/aromatic N) is 3. The van der Waals surface area contributed by atoms with Crippen LogP contribution in [0.15, 0.2) is 27.9 Å². The van der Waals surface area contributed by atoms with Crippen LogP contribution in [-0.4, -0.2) is 34.9 Å². The van der Waals surface area contributed by atoms with Crippen LogP contribution in [0.3, 0.4) is 0 Å². The van der Waals surface area contributed by atoms with Crippen LogP contribution in [0, 0.1) is 0 Å². The Morgan fingerprint density at radius 3 is 2.25 bits per heavy atom. The zero-order valence-corrected chi connectivity index (χ0v) is 12.4. The van der Waals surface area contributed by atoms with Crippen molar-refractivity contribution in [3.63, 3.8) is 0 Å². The predicted octanol–water partition coefficient (Wildman–Crippen LogP) is 0.661. The standard InChI is InChI=1S/C13H17N3O3S/c1-14-11-6-5-10(9-12(11)15(2)13(14)17)20(18,19)16-7-3-4-8-16/h5-6,9H,3-4,7-8H2,1-2H3. The molecule has 2 aromatic rings. The van der Waals surface area contributed by atoms with Crippen LogP contribution >= 0.6 is 0 Å². The molecule has 0 spiro atoms. The van der Waals surface area contributed by atoms with E-state index in [9.17, 15) is 13.2 Å². The molecule has 0 amide bonds. The minimum Gasteiger partial charge on any atom is -0.295 e. The monoisotopic (exact) mass is 295 g/mol. The fourth-order valence-corrected chi connectivity index (χ4v) is 4.26. The quantitative estimate of drug-likeness (QED) is 0.817. The molecule has 7 heteroatoms. The molecular formula is C13H17N3O3S. The Morgan fingerprint density at radius 2 is 1.60 bits per heavy atom. The highest BCUT2D eigenvalue weighted by Gasteiger charge is 2.27. The third kappa shape index (κ3) is 1.81. The largest absolute Gasteiger partial charge is 0.328 e. The smallest absolute Gasteiger partial charge is 0.295 e. The van der Waals surface area contributed by atoms with E-state index in [4.69, 9.17) is 0 Å². The van der Waals surface area contributed by atoms with Gasteiger partial charge in [-0.2, -0.15) is 4.31 Å². The summed E-state index contributed by atoms with van der Waals surface area (Å²) >= 11 is 0. The number of fused-ring (bicyclic) bond motifs is 1. The Balaban J connectivity index is 2.18. The average Bonchev–Trinajstić information content (AvgIpc) is 3.04. The van der Waals surface area contributed by atoms with E-state index < -0.39 is 10.0 Å². The normalized spacial score (nSPS) is 17.1. The Morgan fingerprint density at radius 1 is 1.00 bits per heavy atom. The van der Waals surface area contributed by atoms with E-state index >= 15 is 0 Å². The highest BCUT2D eigenvalue weighted by atomic mass is 32.2. The highest BCUT2D eigenvalue weighted by Crippen LogP contribution is 2.23. The van der Waals surface area contributed by atoms with Gasteiger partial charge in [0.2, 0.25) is 10.0 Å². The lowest BCUT2D eigenvalue weighted by atomic mass is 10.3. The number of hydrogen-bond donors (Lipinski definition) is 0. The topological polar surface area (TPSA) is 64.3 Å². The maximum absolute atomic E-state index is 12.5. The van der Waals surface area contributed by atoms with E-state index in [1.165, 1.54) is 13.4 Å². The number of rotatable bonds is 2. The lowest BCUT2D eigenvalue weighted by Gasteiger charge is -2.15. The second kappa shape index (κ2) is 4.46. The van der Waals surface area contributed by atoms with E-state index in [-0.39, 0.29) is 10.6 Å². The molecule has 1 aromatic carbocycles. The van der Waals surface area contributed by atoms with Gasteiger partial charge >= 0.3 is 5.69 Å². The molecule has 20 heavy (non-hydrogen) atoms. The first kappa shape index (κ1) is 13.4. The highest BCUT2D eigenvalue weighted by molar-refractivity contribution is 7.89. The minimum atomic E-state index is -3.44. The number of imidazole rings is 1. The van der Waals surface area contributed by atoms with Crippen molar-refractivity contribution in [2.24, 2.45) is 14.1 Å². The molecule has 0 unspecified atom stereocenters. The summed E-state index contributed by atoms with van der Waals surface area (Å²) in [5.41, 5.74) is 1.21. The summed E-state index contributed by atoms with van der Waals surface area (Å²) in [7, 11) is -0.112. The van der Waals surface area contributed by atoms with Crippen molar-refractivity contribution in [1.82, 2.24) is 13.4 Å². The lowest BCUT2D eigenvalue weighted by Crippen LogP contribution is -2.27. The van der Waals surface area contributed by atoms with Gasteiger partial charge in [-0.3, -0.25) is 9.13 Å². The number of aromatic nitrogens is 2. The van der Waals surface area contributed by atoms with Gasteiger partial charge < -0.3 is 0 Å². The van der Waals surface area contributed by atoms with Crippen molar-refractivity contribution in [1.29, 1.82) is 0 Å². The SMILES string of the molecule is Cn1c(=O)n(C)c2cc(S(=O)(=O)N3CCCC3)ccc21. The summed E-state index contributed by atoms with van der Waals surface area (Å²) in [5, 5.41) is 0. The van der Waals surface area contributed by atoms with Crippen LogP contribution in [0.5, 0.6) is 0 Å². The fraction of sp³-hybridized carbons (Fsp3) is 0.462. The third-order valence-electron chi connectivity index (χ3n) is 3.95. The van der Waals surface area contributed by atoms with Crippen LogP contribution in [-0.2, 0) is 24.1 Å². The van der Waals surface area contributed by atoms with Crippen LogP contribution in [0.1, 0.15) is 12.8 Å². The van der Waals surface area contributed by atoms with E-state index in [1.807, 2.05) is 0 Å². The van der Waals surface area contributed by atoms with Gasteiger partial charge in [0.05, 0.1) is 15.9 Å². The number of sulfonamides is 1. The molecule has 2 heterocycles. The van der Waals surface area contributed by atoms with E-state index in [0.29, 0.717) is 18.6 Å². The molecule has 0 saturated carbocycles. The molecule has 0 aliphatic carbocycles. The second-order valence-electron chi connectivity index (χ2n) is 5.16. The van der Waals surface area contributed by atoms with Crippen molar-refractivity contribution >= 4 is 21.1 Å². The molecule has 108 valence electrons. The van der Waals surface area contributed by atoms with Crippen molar-refractivity contribution in [2.75, 3.05) is 13.1 Å². The zero-order chi connectivity index (χ0) is 14.5. The molecule has 0 radical (unpaired) electrons. The second-order valence-corrected chi connectivity index (χ2v) is 7.10. The van der Waals surface area contributed by atoms with Gasteiger partial charge in [0.15, 0.2) is 0 Å². The molecule has 1 aromatic heterocycles. The van der Waals surface area contributed by atoms with Gasteiger partial charge in [-0.1, -0.05) is 0 Å². The molecule has 1 aliphatic heterocycles. The predicted molar refractivity (Wildman–Crippen MR) is 76.2 cm³/mol. The Bertz CT molecular complexity index is 826. The molecule has 3 rings (SSSR count). The van der Waals surface area contributed by atoms with Crippen molar-refractivity contribution in [3.8, 4) is 0 Å². The molecule has 0 atom stereocenters. The third-order valence-corrected chi connectivity index (χ3v) is 5.84. The van der Waals surface area contributed by atoms with Gasteiger partial charge in [0.25, 0.3) is 0 Å². The van der Waals surface area contributed by atoms with Crippen LogP contribution in [0.25, 0.3) is 11.0 Å². The lowest BCUT2D eigenvalue weighted by molar-refractivity contribution is 0.477. The van der Waals surface area contributed by atoms with Crippen molar-refractivity contribution in [2.45, 2.75) is 17.7 Å². The first-order valence-electron chi connectivity index (χ1n) is 6.58. The molecular weight excluding hydrogens is 278 g/mol. The van der Waals surface area contributed by atoms with Crippen molar-refractivity contribution < 1.29 is 8.42 Å². The van der Waals surface area contributed by atoms with Gasteiger partial charge in [0, 0.05) is 27.2 Å². The summed E-state index contributed by atoms with van der Waals surface area (Å²) in [6.07, 6.45) is 1.82. The first-order chi connectivity index (χ1) is 9.43. The summed E-state index contributed by atoms with van der Waals surface area (Å²) < 4.78 is 29.5. The van der Waals surface area contributed by atoms with Crippen LogP contribution in [0.4, 0.5) is 0 Å². The zero-order valence-electron chi connectivity index (χ0n) is 11.5. The van der Waals surface area contributed by atoms with Gasteiger partial charge in [0.1, 0.15) is 0 Å². The van der Waals surface area contributed by atoms with Crippen molar-refractivity contribution in [3.05, 3.63) is 28.7 Å². The van der Waals surface area contributed by atoms with Crippen LogP contribution in [0.2, 0.25) is 0 Å². The minimum absolute atomic E-state index is 0.157. The molecule has 6 nitrogen and oxygen atoms in total. The molecule has 0 N–H and O–H groups in total. The van der Waals surface area contributed by atoms with Crippen LogP contribution < -0.4 is 5.69 Å². The molecule has 0 bridgehead atoms. The summed E-state index contributed by atoms with van der Waals surface area (Å²) in [4.78, 5) is 12.1. The van der Waals surface area contributed by atoms with E-state index in [0.717, 1.165) is 18.4 Å². The molecule has 1 saturated heterocycles. The summed E-state index contributed by atoms with van der Waals surface area (Å²) in [5.74, 6) is 0. The van der Waals surface area contributed by atoms with Gasteiger partial charge in [-0.05, 0) is 31.0 Å². The number of hydrogen-bond acceptors (Lipinski definition) is 3. The first-order valence-corrected chi connectivity index (χ1v) is 8.02. The maximum Gasteiger partial charge on any atom is 0.328 e. The Hall–Kier alpha value is -1.60. The maximum atomic E-state index is 12.5. The Kier molecular flexibility index (Phi) is 2.98. The number of benzene rings is 1. The van der Waals surface area contributed by atoms with E-state index in [2.05, 4.69) is 0 Å². The summed E-state index contributed by atoms with van der Waals surface area (Å²) in [6.45, 7) is 1.15. The molecule has 1 fully saturated rings. The fourth-order valence-electron chi connectivity index (χ4n) is 2.72. The van der Waals surface area contributed by atoms with E-state index in [1.54, 1.807) is 32.3 Å². The van der Waals surface area contributed by atoms with Gasteiger partial charge in [-0.25, -0.2) is 13.2 Å². The summed E-state index contributed by atoms with van der Waals surface area (Å²) in [6, 6.07) is 4.86. The Labute approximate surface area is 117 Å². The van der Waals surface area contributed by atoms with Gasteiger partial charge in [-0.15, -0.1) is 0 Å². The molecule has 1 aliphatic rings. The number of aryl methyl sites for hydroxylation is 2. The average molecular weight is 295 g/mol.